The van der Waals surface area contributed by atoms with Gasteiger partial charge < -0.3 is 0 Å². The first-order chi connectivity index (χ1) is 12.3. The van der Waals surface area contributed by atoms with Crippen LogP contribution in [-0.2, 0) is 0 Å². The van der Waals surface area contributed by atoms with Crippen molar-refractivity contribution in [3.05, 3.63) is 48.0 Å². The molecule has 0 saturated heterocycles. The number of carbonyl (C=O) groups is 1. The normalized spacial score (nSPS) is 17.8. The van der Waals surface area contributed by atoms with E-state index in [1.807, 2.05) is 11.7 Å². The van der Waals surface area contributed by atoms with Gasteiger partial charge in [-0.05, 0) is 0 Å². The Hall–Kier alpha value is -1.74. The van der Waals surface area contributed by atoms with E-state index >= 15 is 0 Å². The average molecular weight is 345 g/mol. The van der Waals surface area contributed by atoms with E-state index in [-0.39, 0.29) is 0 Å². The van der Waals surface area contributed by atoms with Crippen molar-refractivity contribution in [2.45, 2.75) is 51.5 Å². The SMILES string of the molecule is [B]=C[Si]1(CCCCCCCC)c2ccccc2-c2ccc(C=O)cc21. The van der Waals surface area contributed by atoms with Crippen molar-refractivity contribution in [1.29, 1.82) is 0 Å². The number of benzene rings is 2. The number of unbranched alkanes of at least 4 members (excludes halogenated alkanes) is 5. The molecular weight excluding hydrogens is 319 g/mol. The number of rotatable bonds is 9. The van der Waals surface area contributed by atoms with Crippen molar-refractivity contribution in [1.82, 2.24) is 0 Å². The minimum atomic E-state index is -2.07. The Morgan fingerprint density at radius 2 is 1.64 bits per heavy atom. The molecule has 1 nitrogen and oxygen atoms in total. The predicted molar refractivity (Wildman–Crippen MR) is 112 cm³/mol. The van der Waals surface area contributed by atoms with Crippen molar-refractivity contribution >= 4 is 37.8 Å². The molecule has 0 aliphatic carbocycles. The van der Waals surface area contributed by atoms with Crippen LogP contribution < -0.4 is 10.4 Å². The number of carbonyl (C=O) groups excluding carboxylic acids is 1. The van der Waals surface area contributed by atoms with Gasteiger partial charge in [0.05, 0.1) is 0 Å². The van der Waals surface area contributed by atoms with Crippen LogP contribution in [0.15, 0.2) is 42.5 Å². The van der Waals surface area contributed by atoms with E-state index in [0.717, 1.165) is 17.9 Å². The Kier molecular flexibility index (Phi) is 5.85. The van der Waals surface area contributed by atoms with Gasteiger partial charge in [0.2, 0.25) is 0 Å². The second-order valence-electron chi connectivity index (χ2n) is 7.12. The first-order valence-electron chi connectivity index (χ1n) is 9.52. The first-order valence-corrected chi connectivity index (χ1v) is 11.8. The Bertz CT molecular complexity index is 770. The van der Waals surface area contributed by atoms with E-state index in [2.05, 4.69) is 43.3 Å². The van der Waals surface area contributed by atoms with Gasteiger partial charge >= 0.3 is 153 Å². The zero-order chi connectivity index (χ0) is 17.7. The van der Waals surface area contributed by atoms with Crippen LogP contribution in [-0.4, -0.2) is 27.4 Å². The average Bonchev–Trinajstić information content (AvgIpc) is 2.94. The van der Waals surface area contributed by atoms with Crippen LogP contribution in [0.5, 0.6) is 0 Å². The molecule has 0 spiro atoms. The Labute approximate surface area is 153 Å². The molecule has 2 aromatic rings. The van der Waals surface area contributed by atoms with Crippen molar-refractivity contribution in [3.63, 3.8) is 0 Å². The molecule has 3 heteroatoms. The van der Waals surface area contributed by atoms with Crippen molar-refractivity contribution < 1.29 is 4.79 Å². The summed E-state index contributed by atoms with van der Waals surface area (Å²) in [7, 11) is 4.23. The van der Waals surface area contributed by atoms with Crippen molar-refractivity contribution in [2.24, 2.45) is 0 Å². The molecule has 2 aromatic carbocycles. The second kappa shape index (κ2) is 8.09. The van der Waals surface area contributed by atoms with Crippen LogP contribution >= 0.6 is 0 Å². The fraction of sp³-hybridized carbons (Fsp3) is 0.364. The van der Waals surface area contributed by atoms with Gasteiger partial charge in [-0.25, -0.2) is 0 Å². The molecule has 0 amide bonds. The Morgan fingerprint density at radius 3 is 2.40 bits per heavy atom. The monoisotopic (exact) mass is 345 g/mol. The topological polar surface area (TPSA) is 17.1 Å². The van der Waals surface area contributed by atoms with E-state index in [4.69, 9.17) is 7.49 Å². The molecule has 3 rings (SSSR count). The molecule has 0 aromatic heterocycles. The molecule has 1 aliphatic heterocycles. The summed E-state index contributed by atoms with van der Waals surface area (Å²) in [5.41, 5.74) is 5.35. The maximum atomic E-state index is 11.3. The van der Waals surface area contributed by atoms with Gasteiger partial charge in [-0.3, -0.25) is 0 Å². The third-order valence-corrected chi connectivity index (χ3v) is 10.1. The zero-order valence-corrected chi connectivity index (χ0v) is 16.1. The summed E-state index contributed by atoms with van der Waals surface area (Å²) in [5.74, 6) is 0. The first kappa shape index (κ1) is 18.1. The van der Waals surface area contributed by atoms with Crippen LogP contribution in [0, 0.1) is 0 Å². The van der Waals surface area contributed by atoms with Crippen LogP contribution in [0.2, 0.25) is 6.04 Å². The van der Waals surface area contributed by atoms with E-state index in [9.17, 15) is 4.79 Å². The van der Waals surface area contributed by atoms with Crippen molar-refractivity contribution in [2.75, 3.05) is 0 Å². The fourth-order valence-electron chi connectivity index (χ4n) is 4.21. The minimum absolute atomic E-state index is 0.758. The Morgan fingerprint density at radius 1 is 0.920 bits per heavy atom. The molecule has 1 heterocycles. The number of hydrogen-bond donors (Lipinski definition) is 0. The number of hydrogen-bond acceptors (Lipinski definition) is 1. The quantitative estimate of drug-likeness (QED) is 0.383. The molecule has 1 aliphatic rings. The maximum absolute atomic E-state index is 11.3. The molecular formula is C22H26BOSi. The molecule has 0 N–H and O–H groups in total. The molecule has 0 fully saturated rings. The van der Waals surface area contributed by atoms with Gasteiger partial charge in [0.25, 0.3) is 0 Å². The predicted octanol–water partition coefficient (Wildman–Crippen LogP) is 3.91. The van der Waals surface area contributed by atoms with Gasteiger partial charge in [-0.2, -0.15) is 0 Å². The number of aldehydes is 1. The summed E-state index contributed by atoms with van der Waals surface area (Å²) < 4.78 is 0. The van der Waals surface area contributed by atoms with Gasteiger partial charge in [-0.1, -0.05) is 0 Å². The second-order valence-corrected chi connectivity index (χ2v) is 11.0. The van der Waals surface area contributed by atoms with Crippen LogP contribution in [0.4, 0.5) is 0 Å². The van der Waals surface area contributed by atoms with Gasteiger partial charge in [0.1, 0.15) is 0 Å². The van der Waals surface area contributed by atoms with Crippen LogP contribution in [0.1, 0.15) is 55.8 Å². The van der Waals surface area contributed by atoms with Gasteiger partial charge in [0, 0.05) is 0 Å². The van der Waals surface area contributed by atoms with E-state index in [1.54, 1.807) is 0 Å². The van der Waals surface area contributed by atoms with Crippen LogP contribution in [0.3, 0.4) is 0 Å². The summed E-state index contributed by atoms with van der Waals surface area (Å²) in [6.07, 6.45) is 8.69. The summed E-state index contributed by atoms with van der Waals surface area (Å²) in [4.78, 5) is 11.3. The van der Waals surface area contributed by atoms with Crippen LogP contribution in [0.25, 0.3) is 11.1 Å². The molecule has 127 valence electrons. The standard InChI is InChI=1S/C22H26BOSi/c1-2-3-4-5-6-9-14-25(17-23)21-11-8-7-10-19(21)20-13-12-18(16-24)15-22(20)25/h7-8,10-13,15-17H,2-6,9,14H2,1H3. The summed E-state index contributed by atoms with van der Waals surface area (Å²) in [6.45, 7) is 2.25. The molecule has 1 unspecified atom stereocenters. The summed E-state index contributed by atoms with van der Waals surface area (Å²) in [5, 5.41) is 2.75. The van der Waals surface area contributed by atoms with Gasteiger partial charge in [-0.15, -0.1) is 0 Å². The fourth-order valence-corrected chi connectivity index (χ4v) is 8.59. The molecule has 0 saturated carbocycles. The zero-order valence-electron chi connectivity index (χ0n) is 15.1. The molecule has 0 bridgehead atoms. The Balaban J connectivity index is 1.92. The van der Waals surface area contributed by atoms with Gasteiger partial charge in [0.15, 0.2) is 0 Å². The third-order valence-electron chi connectivity index (χ3n) is 5.57. The molecule has 1 radical (unpaired) electrons. The molecule has 25 heavy (non-hydrogen) atoms. The number of fused-ring (bicyclic) bond motifs is 3. The summed E-state index contributed by atoms with van der Waals surface area (Å²) >= 11 is 0. The van der Waals surface area contributed by atoms with E-state index in [1.165, 1.54) is 60.0 Å². The van der Waals surface area contributed by atoms with Crippen molar-refractivity contribution in [3.8, 4) is 11.1 Å². The third kappa shape index (κ3) is 3.35. The molecule has 1 atom stereocenters. The summed E-state index contributed by atoms with van der Waals surface area (Å²) in [6, 6.07) is 15.9. The van der Waals surface area contributed by atoms with E-state index < -0.39 is 8.07 Å². The van der Waals surface area contributed by atoms with E-state index in [0.29, 0.717) is 0 Å².